The molecular weight excluding hydrogens is 307 g/mol. The Morgan fingerprint density at radius 2 is 1.89 bits per heavy atom. The summed E-state index contributed by atoms with van der Waals surface area (Å²) in [5.74, 6) is 0. The van der Waals surface area contributed by atoms with Gasteiger partial charge in [-0.15, -0.1) is 12.4 Å². The number of hydrogen-bond donors (Lipinski definition) is 2. The Labute approximate surface area is 126 Å². The van der Waals surface area contributed by atoms with Gasteiger partial charge in [0.1, 0.15) is 0 Å². The van der Waals surface area contributed by atoms with Gasteiger partial charge in [-0.25, -0.2) is 13.1 Å². The second-order valence-electron chi connectivity index (χ2n) is 4.35. The molecule has 0 spiro atoms. The van der Waals surface area contributed by atoms with E-state index in [1.807, 2.05) is 13.8 Å². The highest BCUT2D eigenvalue weighted by Gasteiger charge is 2.24. The smallest absolute Gasteiger partial charge is 0.240 e. The van der Waals surface area contributed by atoms with E-state index >= 15 is 0 Å². The van der Waals surface area contributed by atoms with Gasteiger partial charge in [0, 0.05) is 17.1 Å². The lowest BCUT2D eigenvalue weighted by molar-refractivity contribution is 0.392. The minimum Gasteiger partial charge on any atom is -0.324 e. The van der Waals surface area contributed by atoms with Gasteiger partial charge < -0.3 is 5.73 Å². The first kappa shape index (κ1) is 18.7. The zero-order chi connectivity index (χ0) is 13.8. The first-order valence-corrected chi connectivity index (χ1v) is 7.73. The number of nitrogens with one attached hydrogen (secondary N) is 1. The minimum atomic E-state index is -3.55. The molecule has 0 saturated heterocycles. The van der Waals surface area contributed by atoms with E-state index in [2.05, 4.69) is 4.72 Å². The molecule has 110 valence electrons. The molecule has 0 aromatic heterocycles. The third-order valence-electron chi connectivity index (χ3n) is 3.13. The van der Waals surface area contributed by atoms with Gasteiger partial charge in [-0.1, -0.05) is 31.5 Å². The van der Waals surface area contributed by atoms with E-state index in [1.54, 1.807) is 12.1 Å². The van der Waals surface area contributed by atoms with Crippen LogP contribution in [0.3, 0.4) is 0 Å². The van der Waals surface area contributed by atoms with Crippen LogP contribution in [0.25, 0.3) is 0 Å². The van der Waals surface area contributed by atoms with E-state index in [9.17, 15) is 8.42 Å². The van der Waals surface area contributed by atoms with Crippen LogP contribution in [0.15, 0.2) is 29.2 Å². The third-order valence-corrected chi connectivity index (χ3v) is 4.76. The molecule has 1 aromatic rings. The van der Waals surface area contributed by atoms with Crippen LogP contribution in [0.1, 0.15) is 26.7 Å². The summed E-state index contributed by atoms with van der Waals surface area (Å²) in [5.41, 5.74) is 5.55. The Bertz CT molecular complexity index is 502. The van der Waals surface area contributed by atoms with Crippen LogP contribution < -0.4 is 10.5 Å². The molecule has 0 aliphatic carbocycles. The molecule has 0 radical (unpaired) electrons. The fourth-order valence-corrected chi connectivity index (χ4v) is 2.90. The van der Waals surface area contributed by atoms with E-state index in [1.165, 1.54) is 12.1 Å². The second-order valence-corrected chi connectivity index (χ2v) is 6.55. The maximum atomic E-state index is 12.0. The number of halogens is 2. The van der Waals surface area contributed by atoms with Crippen molar-refractivity contribution in [1.29, 1.82) is 0 Å². The molecule has 1 aromatic carbocycles. The summed E-state index contributed by atoms with van der Waals surface area (Å²) >= 11 is 5.78. The minimum absolute atomic E-state index is 0. The van der Waals surface area contributed by atoms with Crippen molar-refractivity contribution in [3.8, 4) is 0 Å². The van der Waals surface area contributed by atoms with Gasteiger partial charge in [0.05, 0.1) is 4.90 Å². The molecule has 19 heavy (non-hydrogen) atoms. The molecule has 0 fully saturated rings. The lowest BCUT2D eigenvalue weighted by atomic mass is 9.95. The van der Waals surface area contributed by atoms with E-state index in [0.29, 0.717) is 17.9 Å². The van der Waals surface area contributed by atoms with Gasteiger partial charge in [0.15, 0.2) is 0 Å². The van der Waals surface area contributed by atoms with Crippen LogP contribution in [0, 0.1) is 0 Å². The van der Waals surface area contributed by atoms with Gasteiger partial charge in [-0.3, -0.25) is 0 Å². The summed E-state index contributed by atoms with van der Waals surface area (Å²) in [7, 11) is -3.55. The van der Waals surface area contributed by atoms with E-state index < -0.39 is 15.6 Å². The second kappa shape index (κ2) is 7.45. The molecule has 0 unspecified atom stereocenters. The summed E-state index contributed by atoms with van der Waals surface area (Å²) in [6, 6.07) is 6.16. The van der Waals surface area contributed by atoms with Crippen LogP contribution >= 0.6 is 24.0 Å². The monoisotopic (exact) mass is 326 g/mol. The van der Waals surface area contributed by atoms with Crippen LogP contribution in [0.2, 0.25) is 5.02 Å². The van der Waals surface area contributed by atoms with E-state index in [4.69, 9.17) is 17.3 Å². The first-order chi connectivity index (χ1) is 8.33. The van der Waals surface area contributed by atoms with Gasteiger partial charge >= 0.3 is 0 Å². The molecule has 4 nitrogen and oxygen atoms in total. The Morgan fingerprint density at radius 1 is 1.32 bits per heavy atom. The number of hydrogen-bond acceptors (Lipinski definition) is 3. The van der Waals surface area contributed by atoms with Crippen molar-refractivity contribution in [2.75, 3.05) is 6.54 Å². The molecule has 0 atom stereocenters. The molecule has 1 rings (SSSR count). The third kappa shape index (κ3) is 5.28. The van der Waals surface area contributed by atoms with Crippen molar-refractivity contribution in [2.45, 2.75) is 37.1 Å². The maximum absolute atomic E-state index is 12.0. The molecular formula is C12H20Cl2N2O2S. The molecule has 0 aliphatic heterocycles. The topological polar surface area (TPSA) is 72.2 Å². The SMILES string of the molecule is CCC(N)(CC)CNS(=O)(=O)c1cccc(Cl)c1.Cl. The molecule has 3 N–H and O–H groups in total. The zero-order valence-corrected chi connectivity index (χ0v) is 13.4. The van der Waals surface area contributed by atoms with Crippen molar-refractivity contribution in [3.63, 3.8) is 0 Å². The standard InChI is InChI=1S/C12H19ClN2O2S.ClH/c1-3-12(14,4-2)9-15-18(16,17)11-7-5-6-10(13)8-11;/h5-8,15H,3-4,9,14H2,1-2H3;1H. The molecule has 0 amide bonds. The first-order valence-electron chi connectivity index (χ1n) is 5.87. The highest BCUT2D eigenvalue weighted by molar-refractivity contribution is 7.89. The molecule has 7 heteroatoms. The summed E-state index contributed by atoms with van der Waals surface area (Å²) < 4.78 is 26.6. The number of sulfonamides is 1. The van der Waals surface area contributed by atoms with E-state index in [-0.39, 0.29) is 23.8 Å². The van der Waals surface area contributed by atoms with E-state index in [0.717, 1.165) is 0 Å². The summed E-state index contributed by atoms with van der Waals surface area (Å²) in [5, 5.41) is 0.392. The van der Waals surface area contributed by atoms with Crippen molar-refractivity contribution in [3.05, 3.63) is 29.3 Å². The van der Waals surface area contributed by atoms with Crippen LogP contribution in [0.5, 0.6) is 0 Å². The normalized spacial score (nSPS) is 12.0. The predicted octanol–water partition coefficient (Wildman–Crippen LogP) is 2.56. The highest BCUT2D eigenvalue weighted by Crippen LogP contribution is 2.16. The quantitative estimate of drug-likeness (QED) is 0.843. The van der Waals surface area contributed by atoms with Gasteiger partial charge in [0.2, 0.25) is 10.0 Å². The fraction of sp³-hybridized carbons (Fsp3) is 0.500. The Kier molecular flexibility index (Phi) is 7.32. The van der Waals surface area contributed by atoms with Gasteiger partial charge in [-0.05, 0) is 31.0 Å². The molecule has 0 heterocycles. The largest absolute Gasteiger partial charge is 0.324 e. The van der Waals surface area contributed by atoms with Gasteiger partial charge in [-0.2, -0.15) is 0 Å². The van der Waals surface area contributed by atoms with Crippen molar-refractivity contribution >= 4 is 34.0 Å². The predicted molar refractivity (Wildman–Crippen MR) is 81.4 cm³/mol. The summed E-state index contributed by atoms with van der Waals surface area (Å²) in [6.07, 6.45) is 1.42. The van der Waals surface area contributed by atoms with Gasteiger partial charge in [0.25, 0.3) is 0 Å². The van der Waals surface area contributed by atoms with Crippen LogP contribution in [-0.4, -0.2) is 20.5 Å². The lowest BCUT2D eigenvalue weighted by Crippen LogP contribution is -2.49. The molecule has 0 aliphatic rings. The summed E-state index contributed by atoms with van der Waals surface area (Å²) in [6.45, 7) is 4.10. The number of benzene rings is 1. The van der Waals surface area contributed by atoms with Crippen molar-refractivity contribution in [2.24, 2.45) is 5.73 Å². The summed E-state index contributed by atoms with van der Waals surface area (Å²) in [4.78, 5) is 0.157. The van der Waals surface area contributed by atoms with Crippen molar-refractivity contribution in [1.82, 2.24) is 4.72 Å². The van der Waals surface area contributed by atoms with Crippen LogP contribution in [0.4, 0.5) is 0 Å². The maximum Gasteiger partial charge on any atom is 0.240 e. The fourth-order valence-electron chi connectivity index (χ4n) is 1.46. The number of rotatable bonds is 6. The van der Waals surface area contributed by atoms with Crippen molar-refractivity contribution < 1.29 is 8.42 Å². The van der Waals surface area contributed by atoms with Crippen LogP contribution in [-0.2, 0) is 10.0 Å². The Morgan fingerprint density at radius 3 is 2.37 bits per heavy atom. The number of nitrogens with two attached hydrogens (primary N) is 1. The average Bonchev–Trinajstić information content (AvgIpc) is 2.36. The Hall–Kier alpha value is -0.330. The average molecular weight is 327 g/mol. The lowest BCUT2D eigenvalue weighted by Gasteiger charge is -2.26. The molecule has 0 saturated carbocycles. The molecule has 0 bridgehead atoms. The highest BCUT2D eigenvalue weighted by atomic mass is 35.5. The Balaban J connectivity index is 0.00000324. The zero-order valence-electron chi connectivity index (χ0n) is 11.0.